The van der Waals surface area contributed by atoms with Crippen molar-refractivity contribution in [3.05, 3.63) is 42.7 Å². The minimum Gasteiger partial charge on any atom is -0.378 e. The van der Waals surface area contributed by atoms with Crippen LogP contribution in [0.1, 0.15) is 38.5 Å². The molecule has 0 amide bonds. The van der Waals surface area contributed by atoms with Gasteiger partial charge in [-0.3, -0.25) is 4.72 Å². The Hall–Kier alpha value is -1.48. The van der Waals surface area contributed by atoms with Gasteiger partial charge in [-0.15, -0.1) is 6.58 Å². The summed E-state index contributed by atoms with van der Waals surface area (Å²) in [6, 6.07) is 5.30. The van der Waals surface area contributed by atoms with E-state index in [1.165, 1.54) is 41.4 Å². The van der Waals surface area contributed by atoms with Crippen molar-refractivity contribution in [3.8, 4) is 0 Å². The first-order valence-corrected chi connectivity index (χ1v) is 11.8. The number of anilines is 1. The first-order chi connectivity index (χ1) is 13.9. The first kappa shape index (κ1) is 23.8. The summed E-state index contributed by atoms with van der Waals surface area (Å²) in [6.45, 7) is 7.34. The lowest BCUT2D eigenvalue weighted by atomic mass is 10.1. The van der Waals surface area contributed by atoms with Gasteiger partial charge in [0, 0.05) is 31.9 Å². The quantitative estimate of drug-likeness (QED) is 0.386. The lowest BCUT2D eigenvalue weighted by Crippen LogP contribution is -2.43. The Bertz CT molecular complexity index is 704. The van der Waals surface area contributed by atoms with E-state index in [9.17, 15) is 12.8 Å². The van der Waals surface area contributed by atoms with Gasteiger partial charge in [-0.05, 0) is 63.5 Å². The van der Waals surface area contributed by atoms with Gasteiger partial charge in [0.2, 0.25) is 0 Å². The van der Waals surface area contributed by atoms with E-state index in [4.69, 9.17) is 4.74 Å². The van der Waals surface area contributed by atoms with Crippen LogP contribution in [-0.2, 0) is 14.9 Å². The van der Waals surface area contributed by atoms with Gasteiger partial charge in [-0.1, -0.05) is 18.9 Å². The molecule has 1 N–H and O–H groups in total. The Morgan fingerprint density at radius 1 is 1.21 bits per heavy atom. The molecule has 1 aromatic carbocycles. The van der Waals surface area contributed by atoms with E-state index in [2.05, 4.69) is 23.2 Å². The molecular formula is C21H34FN3O3S. The normalized spacial score (nSPS) is 16.2. The number of halogens is 1. The van der Waals surface area contributed by atoms with Gasteiger partial charge in [0.25, 0.3) is 0 Å². The fourth-order valence-electron chi connectivity index (χ4n) is 3.37. The second-order valence-electron chi connectivity index (χ2n) is 7.55. The number of likely N-dealkylation sites (N-methyl/N-ethyl adjacent to an activating group) is 1. The highest BCUT2D eigenvalue weighted by atomic mass is 32.2. The molecule has 0 spiro atoms. The van der Waals surface area contributed by atoms with Crippen molar-refractivity contribution in [1.29, 1.82) is 0 Å². The van der Waals surface area contributed by atoms with Crippen molar-refractivity contribution in [1.82, 2.24) is 9.21 Å². The second-order valence-corrected chi connectivity index (χ2v) is 9.22. The Kier molecular flexibility index (Phi) is 10.1. The smallest absolute Gasteiger partial charge is 0.301 e. The zero-order chi connectivity index (χ0) is 21.1. The van der Waals surface area contributed by atoms with Gasteiger partial charge in [0.15, 0.2) is 0 Å². The average molecular weight is 428 g/mol. The number of piperidine rings is 1. The van der Waals surface area contributed by atoms with E-state index < -0.39 is 16.0 Å². The highest BCUT2D eigenvalue weighted by Gasteiger charge is 2.28. The van der Waals surface area contributed by atoms with E-state index in [0.717, 1.165) is 32.5 Å². The molecule has 0 saturated carbocycles. The lowest BCUT2D eigenvalue weighted by Gasteiger charge is -2.31. The van der Waals surface area contributed by atoms with E-state index in [1.54, 1.807) is 0 Å². The monoisotopic (exact) mass is 427 g/mol. The summed E-state index contributed by atoms with van der Waals surface area (Å²) in [5.41, 5.74) is 0.362. The first-order valence-electron chi connectivity index (χ1n) is 10.3. The molecule has 164 valence electrons. The third-order valence-corrected chi connectivity index (χ3v) is 6.60. The Morgan fingerprint density at radius 3 is 2.52 bits per heavy atom. The zero-order valence-corrected chi connectivity index (χ0v) is 18.2. The molecule has 1 fully saturated rings. The Balaban J connectivity index is 1.59. The van der Waals surface area contributed by atoms with Crippen LogP contribution in [0.2, 0.25) is 0 Å². The average Bonchev–Trinajstić information content (AvgIpc) is 2.69. The van der Waals surface area contributed by atoms with Crippen LogP contribution in [0.15, 0.2) is 36.9 Å². The number of ether oxygens (including phenoxy) is 1. The molecular weight excluding hydrogens is 393 g/mol. The van der Waals surface area contributed by atoms with E-state index >= 15 is 0 Å². The molecule has 1 aliphatic rings. The molecule has 0 aromatic heterocycles. The summed E-state index contributed by atoms with van der Waals surface area (Å²) in [4.78, 5) is 2.26. The van der Waals surface area contributed by atoms with Gasteiger partial charge in [0.1, 0.15) is 5.82 Å². The van der Waals surface area contributed by atoms with Gasteiger partial charge in [0.05, 0.1) is 6.10 Å². The molecule has 1 heterocycles. The number of nitrogens with one attached hydrogen (secondary N) is 1. The molecule has 1 aromatic rings. The molecule has 0 atom stereocenters. The standard InChI is InChI=1S/C21H34FN3O3S/c1-3-14-24(2)15-6-4-5-7-18-28-21-12-16-25(17-13-21)29(26,27)23-20-10-8-19(22)9-11-20/h3,8-11,21,23H,1,4-7,12-18H2,2H3. The maximum absolute atomic E-state index is 13.0. The minimum atomic E-state index is -3.62. The lowest BCUT2D eigenvalue weighted by molar-refractivity contribution is 0.0193. The van der Waals surface area contributed by atoms with Crippen LogP contribution < -0.4 is 4.72 Å². The van der Waals surface area contributed by atoms with Gasteiger partial charge in [-0.25, -0.2) is 4.39 Å². The summed E-state index contributed by atoms with van der Waals surface area (Å²) in [7, 11) is -1.52. The molecule has 1 aliphatic heterocycles. The maximum Gasteiger partial charge on any atom is 0.301 e. The van der Waals surface area contributed by atoms with Crippen LogP contribution >= 0.6 is 0 Å². The molecule has 0 unspecified atom stereocenters. The predicted octanol–water partition coefficient (Wildman–Crippen LogP) is 3.64. The zero-order valence-electron chi connectivity index (χ0n) is 17.4. The SMILES string of the molecule is C=CCN(C)CCCCCCOC1CCN(S(=O)(=O)Nc2ccc(F)cc2)CC1. The number of hydrogen-bond donors (Lipinski definition) is 1. The van der Waals surface area contributed by atoms with Crippen LogP contribution in [0.25, 0.3) is 0 Å². The fourth-order valence-corrected chi connectivity index (χ4v) is 4.62. The summed E-state index contributed by atoms with van der Waals surface area (Å²) in [5, 5.41) is 0. The largest absolute Gasteiger partial charge is 0.378 e. The van der Waals surface area contributed by atoms with Crippen LogP contribution in [-0.4, -0.2) is 63.6 Å². The summed E-state index contributed by atoms with van der Waals surface area (Å²) in [6.07, 6.45) is 7.98. The molecule has 0 bridgehead atoms. The highest BCUT2D eigenvalue weighted by Crippen LogP contribution is 2.19. The molecule has 8 heteroatoms. The highest BCUT2D eigenvalue weighted by molar-refractivity contribution is 7.90. The number of unbranched alkanes of at least 4 members (excludes halogenated alkanes) is 3. The van der Waals surface area contributed by atoms with Gasteiger partial charge < -0.3 is 9.64 Å². The second kappa shape index (κ2) is 12.3. The van der Waals surface area contributed by atoms with Crippen molar-refractivity contribution < 1.29 is 17.5 Å². The third kappa shape index (κ3) is 8.82. The van der Waals surface area contributed by atoms with Crippen molar-refractivity contribution in [2.45, 2.75) is 44.6 Å². The number of rotatable bonds is 13. The Labute approximate surface area is 174 Å². The number of benzene rings is 1. The molecule has 1 saturated heterocycles. The summed E-state index contributed by atoms with van der Waals surface area (Å²) in [5.74, 6) is -0.397. The predicted molar refractivity (Wildman–Crippen MR) is 116 cm³/mol. The molecule has 0 radical (unpaired) electrons. The third-order valence-electron chi connectivity index (χ3n) is 5.06. The van der Waals surface area contributed by atoms with Crippen LogP contribution in [0.5, 0.6) is 0 Å². The fraction of sp³-hybridized carbons (Fsp3) is 0.619. The van der Waals surface area contributed by atoms with Crippen LogP contribution in [0.4, 0.5) is 10.1 Å². The summed E-state index contributed by atoms with van der Waals surface area (Å²) >= 11 is 0. The van der Waals surface area contributed by atoms with Crippen molar-refractivity contribution >= 4 is 15.9 Å². The number of nitrogens with zero attached hydrogens (tertiary/aromatic N) is 2. The van der Waals surface area contributed by atoms with Crippen molar-refractivity contribution in [2.75, 3.05) is 44.6 Å². The van der Waals surface area contributed by atoms with Crippen molar-refractivity contribution in [2.24, 2.45) is 0 Å². The molecule has 2 rings (SSSR count). The number of hydrogen-bond acceptors (Lipinski definition) is 4. The van der Waals surface area contributed by atoms with Crippen molar-refractivity contribution in [3.63, 3.8) is 0 Å². The Morgan fingerprint density at radius 2 is 1.86 bits per heavy atom. The van der Waals surface area contributed by atoms with Crippen LogP contribution in [0.3, 0.4) is 0 Å². The van der Waals surface area contributed by atoms with E-state index in [0.29, 0.717) is 31.6 Å². The maximum atomic E-state index is 13.0. The van der Waals surface area contributed by atoms with Crippen LogP contribution in [0, 0.1) is 5.82 Å². The van der Waals surface area contributed by atoms with E-state index in [-0.39, 0.29) is 6.10 Å². The topological polar surface area (TPSA) is 61.9 Å². The summed E-state index contributed by atoms with van der Waals surface area (Å²) < 4.78 is 47.8. The van der Waals surface area contributed by atoms with Gasteiger partial charge in [-0.2, -0.15) is 12.7 Å². The molecule has 29 heavy (non-hydrogen) atoms. The molecule has 0 aliphatic carbocycles. The minimum absolute atomic E-state index is 0.117. The molecule has 6 nitrogen and oxygen atoms in total. The van der Waals surface area contributed by atoms with Gasteiger partial charge >= 0.3 is 10.2 Å². The van der Waals surface area contributed by atoms with E-state index in [1.807, 2.05) is 6.08 Å².